The number of aryl methyl sites for hydroxylation is 1. The Labute approximate surface area is 78.4 Å². The molecule has 2 rings (SSSR count). The lowest BCUT2D eigenvalue weighted by Gasteiger charge is -2.39. The summed E-state index contributed by atoms with van der Waals surface area (Å²) < 4.78 is 0. The largest absolute Gasteiger partial charge is 0.293 e. The number of aromatic nitrogens is 3. The van der Waals surface area contributed by atoms with Crippen LogP contribution in [0.1, 0.15) is 31.4 Å². The minimum Gasteiger partial charge on any atom is -0.293 e. The molecule has 4 heteroatoms. The monoisotopic (exact) mass is 180 g/mol. The number of likely N-dealkylation sites (tertiary alicyclic amines) is 1. The quantitative estimate of drug-likeness (QED) is 0.757. The van der Waals surface area contributed by atoms with E-state index in [0.717, 1.165) is 24.2 Å². The first-order valence-corrected chi connectivity index (χ1v) is 4.91. The first-order valence-electron chi connectivity index (χ1n) is 4.91. The van der Waals surface area contributed by atoms with E-state index in [1.807, 2.05) is 6.92 Å². The number of hydrogen-bond donors (Lipinski definition) is 1. The van der Waals surface area contributed by atoms with Crippen LogP contribution >= 0.6 is 0 Å². The van der Waals surface area contributed by atoms with Crippen molar-refractivity contribution >= 4 is 0 Å². The predicted octanol–water partition coefficient (Wildman–Crippen LogP) is 1.10. The fraction of sp³-hybridized carbons (Fsp3) is 0.778. The van der Waals surface area contributed by atoms with Gasteiger partial charge in [0.25, 0.3) is 0 Å². The van der Waals surface area contributed by atoms with Gasteiger partial charge >= 0.3 is 0 Å². The zero-order valence-electron chi connectivity index (χ0n) is 8.25. The van der Waals surface area contributed by atoms with E-state index in [-0.39, 0.29) is 0 Å². The molecule has 0 aromatic carbocycles. The average Bonchev–Trinajstić information content (AvgIpc) is 2.46. The standard InChI is InChI=1S/C9H16N4/c1-3-8-4-5-13(8)6-9-10-7(2)11-12-9/h8H,3-6H2,1-2H3,(H,10,11,12). The summed E-state index contributed by atoms with van der Waals surface area (Å²) in [6.45, 7) is 6.28. The van der Waals surface area contributed by atoms with Crippen LogP contribution in [0.25, 0.3) is 0 Å². The molecule has 1 unspecified atom stereocenters. The van der Waals surface area contributed by atoms with Gasteiger partial charge in [-0.05, 0) is 19.8 Å². The fourth-order valence-corrected chi connectivity index (χ4v) is 1.81. The molecule has 1 fully saturated rings. The fourth-order valence-electron chi connectivity index (χ4n) is 1.81. The van der Waals surface area contributed by atoms with Crippen LogP contribution in [-0.2, 0) is 6.54 Å². The molecule has 72 valence electrons. The number of H-pyrrole nitrogens is 1. The second-order valence-corrected chi connectivity index (χ2v) is 3.66. The van der Waals surface area contributed by atoms with Crippen LogP contribution in [0, 0.1) is 6.92 Å². The minimum atomic E-state index is 0.763. The second-order valence-electron chi connectivity index (χ2n) is 3.66. The Morgan fingerprint density at radius 1 is 1.62 bits per heavy atom. The number of rotatable bonds is 3. The summed E-state index contributed by atoms with van der Waals surface area (Å²) in [4.78, 5) is 6.73. The molecular formula is C9H16N4. The Bertz CT molecular complexity index is 279. The second kappa shape index (κ2) is 3.46. The molecule has 2 heterocycles. The topological polar surface area (TPSA) is 44.8 Å². The van der Waals surface area contributed by atoms with Crippen LogP contribution in [0.2, 0.25) is 0 Å². The molecule has 0 radical (unpaired) electrons. The molecule has 1 atom stereocenters. The Hall–Kier alpha value is -0.900. The Balaban J connectivity index is 1.91. The summed E-state index contributed by atoms with van der Waals surface area (Å²) in [5.41, 5.74) is 0. The Morgan fingerprint density at radius 2 is 2.46 bits per heavy atom. The third-order valence-corrected chi connectivity index (χ3v) is 2.73. The van der Waals surface area contributed by atoms with Gasteiger partial charge in [-0.1, -0.05) is 6.92 Å². The van der Waals surface area contributed by atoms with E-state index in [0.29, 0.717) is 0 Å². The highest BCUT2D eigenvalue weighted by Crippen LogP contribution is 2.21. The van der Waals surface area contributed by atoms with Crippen molar-refractivity contribution in [2.45, 2.75) is 39.3 Å². The Kier molecular flexibility index (Phi) is 2.31. The highest BCUT2D eigenvalue weighted by Gasteiger charge is 2.26. The highest BCUT2D eigenvalue weighted by atomic mass is 15.3. The molecule has 1 aromatic rings. The minimum absolute atomic E-state index is 0.763. The van der Waals surface area contributed by atoms with Crippen molar-refractivity contribution in [3.63, 3.8) is 0 Å². The van der Waals surface area contributed by atoms with Crippen molar-refractivity contribution < 1.29 is 0 Å². The van der Waals surface area contributed by atoms with Gasteiger partial charge in [0.2, 0.25) is 0 Å². The zero-order valence-corrected chi connectivity index (χ0v) is 8.25. The maximum atomic E-state index is 4.29. The maximum absolute atomic E-state index is 4.29. The van der Waals surface area contributed by atoms with Crippen LogP contribution in [0.4, 0.5) is 0 Å². The third-order valence-electron chi connectivity index (χ3n) is 2.73. The average molecular weight is 180 g/mol. The number of nitrogens with one attached hydrogen (secondary N) is 1. The van der Waals surface area contributed by atoms with Gasteiger partial charge in [-0.2, -0.15) is 5.10 Å². The normalized spacial score (nSPS) is 23.1. The van der Waals surface area contributed by atoms with E-state index < -0.39 is 0 Å². The van der Waals surface area contributed by atoms with Gasteiger partial charge in [-0.15, -0.1) is 0 Å². The van der Waals surface area contributed by atoms with Crippen molar-refractivity contribution in [1.82, 2.24) is 20.1 Å². The smallest absolute Gasteiger partial charge is 0.164 e. The lowest BCUT2D eigenvalue weighted by molar-refractivity contribution is 0.0762. The predicted molar refractivity (Wildman–Crippen MR) is 50.2 cm³/mol. The van der Waals surface area contributed by atoms with Gasteiger partial charge in [-0.3, -0.25) is 10.00 Å². The molecule has 0 aliphatic carbocycles. The van der Waals surface area contributed by atoms with Crippen molar-refractivity contribution in [2.75, 3.05) is 6.54 Å². The molecule has 4 nitrogen and oxygen atoms in total. The van der Waals surface area contributed by atoms with Crippen molar-refractivity contribution in [1.29, 1.82) is 0 Å². The molecule has 0 spiro atoms. The van der Waals surface area contributed by atoms with Gasteiger partial charge < -0.3 is 0 Å². The van der Waals surface area contributed by atoms with Gasteiger partial charge in [0, 0.05) is 12.6 Å². The van der Waals surface area contributed by atoms with Crippen molar-refractivity contribution in [3.8, 4) is 0 Å². The van der Waals surface area contributed by atoms with Gasteiger partial charge in [0.15, 0.2) is 5.82 Å². The van der Waals surface area contributed by atoms with Crippen molar-refractivity contribution in [2.24, 2.45) is 0 Å². The van der Waals surface area contributed by atoms with Gasteiger partial charge in [-0.25, -0.2) is 4.98 Å². The number of aromatic amines is 1. The first kappa shape index (κ1) is 8.69. The molecule has 0 bridgehead atoms. The lowest BCUT2D eigenvalue weighted by atomic mass is 10.0. The Morgan fingerprint density at radius 3 is 2.92 bits per heavy atom. The number of hydrogen-bond acceptors (Lipinski definition) is 3. The van der Waals surface area contributed by atoms with E-state index in [9.17, 15) is 0 Å². The van der Waals surface area contributed by atoms with E-state index >= 15 is 0 Å². The molecule has 1 aliphatic heterocycles. The van der Waals surface area contributed by atoms with E-state index in [4.69, 9.17) is 0 Å². The van der Waals surface area contributed by atoms with E-state index in [1.54, 1.807) is 0 Å². The van der Waals surface area contributed by atoms with E-state index in [2.05, 4.69) is 27.0 Å². The molecule has 0 amide bonds. The molecule has 0 saturated carbocycles. The highest BCUT2D eigenvalue weighted by molar-refractivity contribution is 4.91. The van der Waals surface area contributed by atoms with Gasteiger partial charge in [0.05, 0.1) is 6.54 Å². The van der Waals surface area contributed by atoms with Gasteiger partial charge in [0.1, 0.15) is 5.82 Å². The summed E-state index contributed by atoms with van der Waals surface area (Å²) >= 11 is 0. The molecular weight excluding hydrogens is 164 g/mol. The molecule has 1 saturated heterocycles. The SMILES string of the molecule is CCC1CCN1Cc1n[nH]c(C)n1. The van der Waals surface area contributed by atoms with Crippen LogP contribution in [-0.4, -0.2) is 32.7 Å². The number of nitrogens with zero attached hydrogens (tertiary/aromatic N) is 3. The van der Waals surface area contributed by atoms with Crippen LogP contribution in [0.5, 0.6) is 0 Å². The lowest BCUT2D eigenvalue weighted by Crippen LogP contribution is -2.46. The molecule has 13 heavy (non-hydrogen) atoms. The van der Waals surface area contributed by atoms with Crippen LogP contribution in [0.3, 0.4) is 0 Å². The summed E-state index contributed by atoms with van der Waals surface area (Å²) in [5, 5.41) is 7.00. The van der Waals surface area contributed by atoms with Crippen LogP contribution < -0.4 is 0 Å². The summed E-state index contributed by atoms with van der Waals surface area (Å²) in [6.07, 6.45) is 2.57. The summed E-state index contributed by atoms with van der Waals surface area (Å²) in [7, 11) is 0. The van der Waals surface area contributed by atoms with E-state index in [1.165, 1.54) is 19.4 Å². The van der Waals surface area contributed by atoms with Crippen LogP contribution in [0.15, 0.2) is 0 Å². The summed E-state index contributed by atoms with van der Waals surface area (Å²) in [6, 6.07) is 0.763. The maximum Gasteiger partial charge on any atom is 0.164 e. The molecule has 1 aliphatic rings. The summed E-state index contributed by atoms with van der Waals surface area (Å²) in [5.74, 6) is 1.83. The third kappa shape index (κ3) is 1.72. The zero-order chi connectivity index (χ0) is 9.26. The molecule has 1 N–H and O–H groups in total. The molecule has 1 aromatic heterocycles. The first-order chi connectivity index (χ1) is 6.29. The van der Waals surface area contributed by atoms with Crippen molar-refractivity contribution in [3.05, 3.63) is 11.6 Å².